The van der Waals surface area contributed by atoms with Crippen molar-refractivity contribution in [1.82, 2.24) is 4.90 Å². The van der Waals surface area contributed by atoms with Crippen molar-refractivity contribution >= 4 is 11.9 Å². The van der Waals surface area contributed by atoms with Crippen molar-refractivity contribution in [3.8, 4) is 0 Å². The molecule has 1 rings (SSSR count). The highest BCUT2D eigenvalue weighted by atomic mass is 19.1. The quantitative estimate of drug-likeness (QED) is 0.874. The third-order valence-corrected chi connectivity index (χ3v) is 2.53. The predicted octanol–water partition coefficient (Wildman–Crippen LogP) is 2.07. The van der Waals surface area contributed by atoms with E-state index in [1.807, 2.05) is 6.92 Å². The Bertz CT molecular complexity index is 460. The number of nitrogens with zero attached hydrogens (tertiary/aromatic N) is 1. The van der Waals surface area contributed by atoms with Crippen molar-refractivity contribution in [2.45, 2.75) is 20.3 Å². The fraction of sp³-hybridized carbons (Fsp3) is 0.385. The summed E-state index contributed by atoms with van der Waals surface area (Å²) < 4.78 is 13.8. The minimum Gasteiger partial charge on any atom is -0.480 e. The highest BCUT2D eigenvalue weighted by Crippen LogP contribution is 2.14. The van der Waals surface area contributed by atoms with Crippen LogP contribution in [-0.2, 0) is 4.79 Å². The molecule has 0 aromatic heterocycles. The van der Waals surface area contributed by atoms with E-state index in [0.717, 1.165) is 4.90 Å². The molecule has 0 saturated heterocycles. The maximum Gasteiger partial charge on any atom is 0.323 e. The number of hydrogen-bond donors (Lipinski definition) is 1. The number of carbonyl (C=O) groups excluding carboxylic acids is 1. The van der Waals surface area contributed by atoms with Gasteiger partial charge in [-0.1, -0.05) is 19.1 Å². The van der Waals surface area contributed by atoms with Crippen molar-refractivity contribution in [3.63, 3.8) is 0 Å². The molecule has 0 aliphatic heterocycles. The smallest absolute Gasteiger partial charge is 0.323 e. The number of rotatable bonds is 5. The van der Waals surface area contributed by atoms with Crippen LogP contribution in [-0.4, -0.2) is 35.0 Å². The lowest BCUT2D eigenvalue weighted by Crippen LogP contribution is -2.36. The summed E-state index contributed by atoms with van der Waals surface area (Å²) in [5, 5.41) is 8.74. The van der Waals surface area contributed by atoms with Crippen LogP contribution in [0.25, 0.3) is 0 Å². The van der Waals surface area contributed by atoms with Gasteiger partial charge in [0.15, 0.2) is 0 Å². The third-order valence-electron chi connectivity index (χ3n) is 2.53. The number of carboxylic acids is 1. The standard InChI is InChI=1S/C13H16FNO3/c1-3-7-15(8-11(16)17)13(18)10-6-4-5-9(2)12(10)14/h4-6H,3,7-8H2,1-2H3,(H,16,17). The fourth-order valence-corrected chi connectivity index (χ4v) is 1.67. The molecule has 0 aliphatic carbocycles. The summed E-state index contributed by atoms with van der Waals surface area (Å²) in [5.41, 5.74) is 0.289. The van der Waals surface area contributed by atoms with Gasteiger partial charge in [-0.15, -0.1) is 0 Å². The van der Waals surface area contributed by atoms with E-state index in [9.17, 15) is 14.0 Å². The second-order valence-corrected chi connectivity index (χ2v) is 4.06. The number of amides is 1. The van der Waals surface area contributed by atoms with Gasteiger partial charge < -0.3 is 10.0 Å². The largest absolute Gasteiger partial charge is 0.480 e. The fourth-order valence-electron chi connectivity index (χ4n) is 1.67. The lowest BCUT2D eigenvalue weighted by atomic mass is 10.1. The monoisotopic (exact) mass is 253 g/mol. The molecule has 0 atom stereocenters. The van der Waals surface area contributed by atoms with Crippen LogP contribution >= 0.6 is 0 Å². The van der Waals surface area contributed by atoms with Gasteiger partial charge in [-0.05, 0) is 25.0 Å². The molecule has 1 N–H and O–H groups in total. The Morgan fingerprint density at radius 2 is 2.06 bits per heavy atom. The zero-order chi connectivity index (χ0) is 13.7. The summed E-state index contributed by atoms with van der Waals surface area (Å²) in [5.74, 6) is -2.28. The van der Waals surface area contributed by atoms with Crippen LogP contribution in [0.2, 0.25) is 0 Å². The molecule has 0 heterocycles. The first kappa shape index (κ1) is 14.2. The van der Waals surface area contributed by atoms with Crippen LogP contribution in [0.5, 0.6) is 0 Å². The average molecular weight is 253 g/mol. The Morgan fingerprint density at radius 3 is 2.61 bits per heavy atom. The summed E-state index contributed by atoms with van der Waals surface area (Å²) in [6.07, 6.45) is 0.618. The molecule has 18 heavy (non-hydrogen) atoms. The predicted molar refractivity (Wildman–Crippen MR) is 65.0 cm³/mol. The number of carbonyl (C=O) groups is 2. The molecule has 0 radical (unpaired) electrons. The topological polar surface area (TPSA) is 57.6 Å². The van der Waals surface area contributed by atoms with Crippen LogP contribution in [0.4, 0.5) is 4.39 Å². The zero-order valence-electron chi connectivity index (χ0n) is 10.4. The number of aryl methyl sites for hydroxylation is 1. The highest BCUT2D eigenvalue weighted by Gasteiger charge is 2.21. The first-order valence-corrected chi connectivity index (χ1v) is 5.73. The molecule has 0 unspecified atom stereocenters. The van der Waals surface area contributed by atoms with Gasteiger partial charge in [-0.3, -0.25) is 9.59 Å². The van der Waals surface area contributed by atoms with Gasteiger partial charge in [0, 0.05) is 6.54 Å². The van der Waals surface area contributed by atoms with Crippen LogP contribution in [0.15, 0.2) is 18.2 Å². The van der Waals surface area contributed by atoms with Gasteiger partial charge in [-0.25, -0.2) is 4.39 Å². The summed E-state index contributed by atoms with van der Waals surface area (Å²) in [7, 11) is 0. The molecule has 1 amide bonds. The highest BCUT2D eigenvalue weighted by molar-refractivity contribution is 5.96. The molecule has 5 heteroatoms. The van der Waals surface area contributed by atoms with E-state index in [1.165, 1.54) is 6.07 Å². The number of hydrogen-bond acceptors (Lipinski definition) is 2. The summed E-state index contributed by atoms with van der Waals surface area (Å²) >= 11 is 0. The number of carboxylic acid groups (broad SMARTS) is 1. The van der Waals surface area contributed by atoms with Gasteiger partial charge in [0.1, 0.15) is 12.4 Å². The van der Waals surface area contributed by atoms with Crippen LogP contribution in [0, 0.1) is 12.7 Å². The van der Waals surface area contributed by atoms with E-state index in [1.54, 1.807) is 19.1 Å². The molecular weight excluding hydrogens is 237 g/mol. The number of aliphatic carboxylic acids is 1. The van der Waals surface area contributed by atoms with Crippen LogP contribution in [0.1, 0.15) is 29.3 Å². The first-order chi connectivity index (χ1) is 8.47. The minimum absolute atomic E-state index is 0.0790. The second-order valence-electron chi connectivity index (χ2n) is 4.06. The van der Waals surface area contributed by atoms with Gasteiger partial charge in [0.25, 0.3) is 5.91 Å². The third kappa shape index (κ3) is 3.29. The molecule has 98 valence electrons. The van der Waals surface area contributed by atoms with Crippen molar-refractivity contribution in [2.24, 2.45) is 0 Å². The Hall–Kier alpha value is -1.91. The molecule has 0 bridgehead atoms. The Balaban J connectivity index is 3.01. The molecule has 1 aromatic carbocycles. The normalized spacial score (nSPS) is 10.2. The minimum atomic E-state index is -1.11. The van der Waals surface area contributed by atoms with E-state index >= 15 is 0 Å². The summed E-state index contributed by atoms with van der Waals surface area (Å²) in [6.45, 7) is 3.26. The van der Waals surface area contributed by atoms with Crippen LogP contribution < -0.4 is 0 Å². The molecular formula is C13H16FNO3. The maximum absolute atomic E-state index is 13.8. The molecule has 0 spiro atoms. The van der Waals surface area contributed by atoms with E-state index in [2.05, 4.69) is 0 Å². The molecule has 0 saturated carbocycles. The van der Waals surface area contributed by atoms with Gasteiger partial charge in [-0.2, -0.15) is 0 Å². The van der Waals surface area contributed by atoms with E-state index in [4.69, 9.17) is 5.11 Å². The van der Waals surface area contributed by atoms with Crippen molar-refractivity contribution in [2.75, 3.05) is 13.1 Å². The van der Waals surface area contributed by atoms with Crippen LogP contribution in [0.3, 0.4) is 0 Å². The molecule has 4 nitrogen and oxygen atoms in total. The summed E-state index contributed by atoms with van der Waals surface area (Å²) in [6, 6.07) is 4.51. The second kappa shape index (κ2) is 6.14. The Morgan fingerprint density at radius 1 is 1.39 bits per heavy atom. The molecule has 0 aliphatic rings. The first-order valence-electron chi connectivity index (χ1n) is 5.73. The average Bonchev–Trinajstić information content (AvgIpc) is 2.31. The van der Waals surface area contributed by atoms with Crippen molar-refractivity contribution < 1.29 is 19.1 Å². The summed E-state index contributed by atoms with van der Waals surface area (Å²) in [4.78, 5) is 23.9. The lowest BCUT2D eigenvalue weighted by Gasteiger charge is -2.20. The van der Waals surface area contributed by atoms with E-state index < -0.39 is 24.2 Å². The van der Waals surface area contributed by atoms with E-state index in [-0.39, 0.29) is 5.56 Å². The maximum atomic E-state index is 13.8. The number of halogens is 1. The zero-order valence-corrected chi connectivity index (χ0v) is 10.4. The molecule has 1 aromatic rings. The van der Waals surface area contributed by atoms with Crippen molar-refractivity contribution in [1.29, 1.82) is 0 Å². The van der Waals surface area contributed by atoms with Gasteiger partial charge in [0.05, 0.1) is 5.56 Å². The van der Waals surface area contributed by atoms with Crippen molar-refractivity contribution in [3.05, 3.63) is 35.1 Å². The Kier molecular flexibility index (Phi) is 4.83. The number of benzene rings is 1. The van der Waals surface area contributed by atoms with Gasteiger partial charge in [0.2, 0.25) is 0 Å². The SMILES string of the molecule is CCCN(CC(=O)O)C(=O)c1cccc(C)c1F. The van der Waals surface area contributed by atoms with E-state index in [0.29, 0.717) is 18.5 Å². The molecule has 0 fully saturated rings. The lowest BCUT2D eigenvalue weighted by molar-refractivity contribution is -0.137. The van der Waals surface area contributed by atoms with Gasteiger partial charge >= 0.3 is 5.97 Å². The Labute approximate surface area is 105 Å².